The topological polar surface area (TPSA) is 0 Å². The number of hydrogen-bond donors (Lipinski definition) is 0. The first-order valence-corrected chi connectivity index (χ1v) is 11.3. The second-order valence-electron chi connectivity index (χ2n) is 9.08. The SMILES string of the molecule is CC1=Cc2c(-c3ccccc3)cccc2C1CC1C(C)=Cc2c1ccc1ccccc21. The van der Waals surface area contributed by atoms with Crippen molar-refractivity contribution in [3.63, 3.8) is 0 Å². The summed E-state index contributed by atoms with van der Waals surface area (Å²) in [5.41, 5.74) is 11.5. The van der Waals surface area contributed by atoms with E-state index < -0.39 is 0 Å². The van der Waals surface area contributed by atoms with E-state index in [0.29, 0.717) is 11.8 Å². The highest BCUT2D eigenvalue weighted by Crippen LogP contribution is 2.49. The van der Waals surface area contributed by atoms with Crippen molar-refractivity contribution in [2.24, 2.45) is 0 Å². The van der Waals surface area contributed by atoms with Gasteiger partial charge in [-0.15, -0.1) is 0 Å². The van der Waals surface area contributed by atoms with Gasteiger partial charge in [-0.3, -0.25) is 0 Å². The van der Waals surface area contributed by atoms with Crippen molar-refractivity contribution in [2.45, 2.75) is 32.1 Å². The maximum atomic E-state index is 2.43. The summed E-state index contributed by atoms with van der Waals surface area (Å²) in [6.07, 6.45) is 6.00. The fourth-order valence-corrected chi connectivity index (χ4v) is 5.70. The first-order chi connectivity index (χ1) is 15.2. The molecule has 0 aliphatic heterocycles. The molecule has 0 fully saturated rings. The lowest BCUT2D eigenvalue weighted by Crippen LogP contribution is -2.06. The van der Waals surface area contributed by atoms with E-state index in [0.717, 1.165) is 6.42 Å². The largest absolute Gasteiger partial charge is 0.0651 e. The van der Waals surface area contributed by atoms with Crippen molar-refractivity contribution in [2.75, 3.05) is 0 Å². The van der Waals surface area contributed by atoms with E-state index in [1.54, 1.807) is 0 Å². The predicted octanol–water partition coefficient (Wildman–Crippen LogP) is 8.60. The van der Waals surface area contributed by atoms with Crippen molar-refractivity contribution >= 4 is 22.9 Å². The fourth-order valence-electron chi connectivity index (χ4n) is 5.70. The normalized spacial score (nSPS) is 19.2. The van der Waals surface area contributed by atoms with Crippen molar-refractivity contribution < 1.29 is 0 Å². The Morgan fingerprint density at radius 1 is 0.581 bits per heavy atom. The third kappa shape index (κ3) is 2.90. The fraction of sp³-hybridized carbons (Fsp3) is 0.161. The van der Waals surface area contributed by atoms with Gasteiger partial charge in [-0.25, -0.2) is 0 Å². The molecule has 0 saturated carbocycles. The molecule has 0 amide bonds. The summed E-state index contributed by atoms with van der Waals surface area (Å²) in [7, 11) is 0. The molecule has 4 aromatic carbocycles. The van der Waals surface area contributed by atoms with Gasteiger partial charge in [-0.1, -0.05) is 108 Å². The Morgan fingerprint density at radius 2 is 1.26 bits per heavy atom. The van der Waals surface area contributed by atoms with Crippen LogP contribution in [0.3, 0.4) is 0 Å². The van der Waals surface area contributed by atoms with Crippen molar-refractivity contribution in [3.8, 4) is 11.1 Å². The summed E-state index contributed by atoms with van der Waals surface area (Å²) in [6.45, 7) is 4.63. The summed E-state index contributed by atoms with van der Waals surface area (Å²) in [5, 5.41) is 2.72. The molecular weight excluding hydrogens is 372 g/mol. The minimum atomic E-state index is 0.476. The first-order valence-electron chi connectivity index (χ1n) is 11.3. The summed E-state index contributed by atoms with van der Waals surface area (Å²) >= 11 is 0. The third-order valence-electron chi connectivity index (χ3n) is 7.29. The standard InChI is InChI=1S/C31H26/c1-20-17-30-25(22-9-4-3-5-10-22)13-8-14-26(30)28(20)19-29-21(2)18-31-24-12-7-6-11-23(24)15-16-27(29)31/h3-18,28-29H,19H2,1-2H3. The van der Waals surface area contributed by atoms with Crippen LogP contribution in [-0.4, -0.2) is 0 Å². The van der Waals surface area contributed by atoms with Gasteiger partial charge in [0.1, 0.15) is 0 Å². The van der Waals surface area contributed by atoms with E-state index >= 15 is 0 Å². The Kier molecular flexibility index (Phi) is 4.21. The van der Waals surface area contributed by atoms with E-state index in [9.17, 15) is 0 Å². The van der Waals surface area contributed by atoms with Crippen LogP contribution in [0.25, 0.3) is 34.1 Å². The van der Waals surface area contributed by atoms with Gasteiger partial charge in [-0.2, -0.15) is 0 Å². The second-order valence-corrected chi connectivity index (χ2v) is 9.08. The second kappa shape index (κ2) is 7.10. The molecule has 0 bridgehead atoms. The van der Waals surface area contributed by atoms with E-state index in [1.807, 2.05) is 0 Å². The minimum Gasteiger partial charge on any atom is -0.0651 e. The Morgan fingerprint density at radius 3 is 2.06 bits per heavy atom. The van der Waals surface area contributed by atoms with Gasteiger partial charge >= 0.3 is 0 Å². The number of allylic oxidation sites excluding steroid dienone is 2. The Balaban J connectivity index is 1.40. The van der Waals surface area contributed by atoms with Crippen LogP contribution >= 0.6 is 0 Å². The highest BCUT2D eigenvalue weighted by molar-refractivity contribution is 5.94. The molecule has 0 heteroatoms. The molecular formula is C31H26. The molecule has 31 heavy (non-hydrogen) atoms. The van der Waals surface area contributed by atoms with Crippen LogP contribution < -0.4 is 0 Å². The molecule has 0 radical (unpaired) electrons. The van der Waals surface area contributed by atoms with Gasteiger partial charge in [-0.05, 0) is 64.4 Å². The zero-order valence-corrected chi connectivity index (χ0v) is 18.1. The molecule has 0 N–H and O–H groups in total. The lowest BCUT2D eigenvalue weighted by atomic mass is 9.81. The lowest BCUT2D eigenvalue weighted by molar-refractivity contribution is 0.643. The molecule has 0 nitrogen and oxygen atoms in total. The summed E-state index contributed by atoms with van der Waals surface area (Å²) in [5.74, 6) is 0.962. The first kappa shape index (κ1) is 18.4. The molecule has 0 heterocycles. The average molecular weight is 399 g/mol. The Bertz CT molecular complexity index is 1370. The van der Waals surface area contributed by atoms with Crippen molar-refractivity contribution in [1.29, 1.82) is 0 Å². The van der Waals surface area contributed by atoms with Crippen LogP contribution in [0.1, 0.15) is 54.4 Å². The van der Waals surface area contributed by atoms with Crippen LogP contribution in [0.5, 0.6) is 0 Å². The molecule has 2 aliphatic carbocycles. The van der Waals surface area contributed by atoms with E-state index in [2.05, 4.69) is 111 Å². The highest BCUT2D eigenvalue weighted by atomic mass is 14.3. The molecule has 2 unspecified atom stereocenters. The molecule has 6 rings (SSSR count). The van der Waals surface area contributed by atoms with Gasteiger partial charge in [0.15, 0.2) is 0 Å². The summed E-state index contributed by atoms with van der Waals surface area (Å²) in [4.78, 5) is 0. The molecule has 2 atom stereocenters. The average Bonchev–Trinajstić information content (AvgIpc) is 3.30. The van der Waals surface area contributed by atoms with Crippen molar-refractivity contribution in [1.82, 2.24) is 0 Å². The smallest absolute Gasteiger partial charge is 0.00638 e. The van der Waals surface area contributed by atoms with Crippen molar-refractivity contribution in [3.05, 3.63) is 118 Å². The van der Waals surface area contributed by atoms with Crippen LogP contribution in [0.4, 0.5) is 0 Å². The Labute approximate surface area is 184 Å². The number of fused-ring (bicyclic) bond motifs is 4. The zero-order chi connectivity index (χ0) is 20.9. The lowest BCUT2D eigenvalue weighted by Gasteiger charge is -2.22. The summed E-state index contributed by atoms with van der Waals surface area (Å²) < 4.78 is 0. The molecule has 2 aliphatic rings. The number of rotatable bonds is 3. The molecule has 0 aromatic heterocycles. The predicted molar refractivity (Wildman–Crippen MR) is 133 cm³/mol. The highest BCUT2D eigenvalue weighted by Gasteiger charge is 2.31. The summed E-state index contributed by atoms with van der Waals surface area (Å²) in [6, 6.07) is 31.1. The number of benzene rings is 4. The van der Waals surface area contributed by atoms with Crippen LogP contribution in [0.15, 0.2) is 96.1 Å². The maximum absolute atomic E-state index is 2.43. The van der Waals surface area contributed by atoms with Gasteiger partial charge in [0.2, 0.25) is 0 Å². The zero-order valence-electron chi connectivity index (χ0n) is 18.1. The van der Waals surface area contributed by atoms with Crippen LogP contribution in [0.2, 0.25) is 0 Å². The molecule has 0 spiro atoms. The van der Waals surface area contributed by atoms with Gasteiger partial charge in [0.25, 0.3) is 0 Å². The van der Waals surface area contributed by atoms with E-state index in [-0.39, 0.29) is 0 Å². The van der Waals surface area contributed by atoms with E-state index in [1.165, 1.54) is 55.3 Å². The van der Waals surface area contributed by atoms with Gasteiger partial charge in [0.05, 0.1) is 0 Å². The minimum absolute atomic E-state index is 0.476. The monoisotopic (exact) mass is 398 g/mol. The quantitative estimate of drug-likeness (QED) is 0.324. The molecule has 150 valence electrons. The van der Waals surface area contributed by atoms with Gasteiger partial charge in [0, 0.05) is 11.8 Å². The Hall–Kier alpha value is -3.38. The van der Waals surface area contributed by atoms with Crippen LogP contribution in [0, 0.1) is 0 Å². The third-order valence-corrected chi connectivity index (χ3v) is 7.29. The van der Waals surface area contributed by atoms with Gasteiger partial charge < -0.3 is 0 Å². The number of hydrogen-bond acceptors (Lipinski definition) is 0. The van der Waals surface area contributed by atoms with Crippen LogP contribution in [-0.2, 0) is 0 Å². The maximum Gasteiger partial charge on any atom is 0.00638 e. The molecule has 0 saturated heterocycles. The van der Waals surface area contributed by atoms with E-state index in [4.69, 9.17) is 0 Å². The molecule has 4 aromatic rings.